The van der Waals surface area contributed by atoms with Crippen LogP contribution < -0.4 is 15.5 Å². The highest BCUT2D eigenvalue weighted by molar-refractivity contribution is 7.14. The summed E-state index contributed by atoms with van der Waals surface area (Å²) >= 11 is 1.80. The molecule has 0 amide bonds. The predicted octanol–water partition coefficient (Wildman–Crippen LogP) is 3.32. The summed E-state index contributed by atoms with van der Waals surface area (Å²) in [6, 6.07) is 11.6. The summed E-state index contributed by atoms with van der Waals surface area (Å²) in [5.41, 5.74) is 0.956. The van der Waals surface area contributed by atoms with Crippen LogP contribution in [0.25, 0.3) is 0 Å². The summed E-state index contributed by atoms with van der Waals surface area (Å²) in [5.74, 6) is 0.599. The number of anilines is 1. The molecule has 0 aliphatic carbocycles. The van der Waals surface area contributed by atoms with Gasteiger partial charge in [-0.2, -0.15) is 0 Å². The van der Waals surface area contributed by atoms with Crippen molar-refractivity contribution in [3.8, 4) is 0 Å². The van der Waals surface area contributed by atoms with E-state index in [1.54, 1.807) is 30.5 Å². The fourth-order valence-corrected chi connectivity index (χ4v) is 4.37. The molecular weight excluding hydrogens is 373 g/mol. The van der Waals surface area contributed by atoms with Gasteiger partial charge >= 0.3 is 0 Å². The van der Waals surface area contributed by atoms with Crippen molar-refractivity contribution >= 4 is 22.3 Å². The van der Waals surface area contributed by atoms with Gasteiger partial charge in [0, 0.05) is 32.7 Å². The molecule has 1 aliphatic heterocycles. The third-order valence-electron chi connectivity index (χ3n) is 5.20. The molecule has 2 heterocycles. The molecule has 0 spiro atoms. The minimum absolute atomic E-state index is 0.0647. The van der Waals surface area contributed by atoms with Crippen molar-refractivity contribution in [3.63, 3.8) is 0 Å². The zero-order valence-corrected chi connectivity index (χ0v) is 17.7. The first-order chi connectivity index (χ1) is 13.6. The summed E-state index contributed by atoms with van der Waals surface area (Å²) in [4.78, 5) is 8.93. The minimum Gasteiger partial charge on any atom is -0.363 e. The van der Waals surface area contributed by atoms with Gasteiger partial charge in [-0.1, -0.05) is 12.1 Å². The second-order valence-electron chi connectivity index (χ2n) is 7.34. The molecule has 2 aromatic rings. The molecule has 1 aliphatic rings. The number of likely N-dealkylation sites (N-methyl/N-ethyl adjacent to an activating group) is 1. The van der Waals surface area contributed by atoms with Crippen LogP contribution in [-0.2, 0) is 0 Å². The molecule has 1 saturated heterocycles. The summed E-state index contributed by atoms with van der Waals surface area (Å²) < 4.78 is 13.6. The van der Waals surface area contributed by atoms with Gasteiger partial charge in [0.1, 0.15) is 5.82 Å². The normalized spacial score (nSPS) is 17.0. The lowest BCUT2D eigenvalue weighted by molar-refractivity contribution is 0.297. The fraction of sp³-hybridized carbons (Fsp3) is 0.476. The van der Waals surface area contributed by atoms with E-state index in [2.05, 4.69) is 42.9 Å². The van der Waals surface area contributed by atoms with Crippen LogP contribution >= 0.6 is 11.3 Å². The first-order valence-corrected chi connectivity index (χ1v) is 10.6. The molecule has 3 rings (SSSR count). The molecule has 1 aromatic heterocycles. The molecule has 0 radical (unpaired) electrons. The third-order valence-corrected chi connectivity index (χ3v) is 6.13. The second kappa shape index (κ2) is 9.89. The zero-order valence-electron chi connectivity index (χ0n) is 16.9. The Labute approximate surface area is 171 Å². The van der Waals surface area contributed by atoms with Crippen molar-refractivity contribution in [1.82, 2.24) is 15.5 Å². The Kier molecular flexibility index (Phi) is 7.28. The quantitative estimate of drug-likeness (QED) is 0.574. The first-order valence-electron chi connectivity index (χ1n) is 9.74. The maximum Gasteiger partial charge on any atom is 0.191 e. The van der Waals surface area contributed by atoms with Gasteiger partial charge in [-0.05, 0) is 62.1 Å². The highest BCUT2D eigenvalue weighted by Gasteiger charge is 2.21. The summed E-state index contributed by atoms with van der Waals surface area (Å²) in [5, 5.41) is 10.5. The lowest BCUT2D eigenvalue weighted by Crippen LogP contribution is -2.49. The minimum atomic E-state index is -0.204. The Balaban J connectivity index is 1.51. The average Bonchev–Trinajstić information content (AvgIpc) is 3.22. The highest BCUT2D eigenvalue weighted by Crippen LogP contribution is 2.24. The molecule has 0 saturated carbocycles. The van der Waals surface area contributed by atoms with Crippen LogP contribution in [0, 0.1) is 5.82 Å². The number of benzene rings is 1. The largest absolute Gasteiger partial charge is 0.363 e. The van der Waals surface area contributed by atoms with Gasteiger partial charge < -0.3 is 20.4 Å². The van der Waals surface area contributed by atoms with Crippen molar-refractivity contribution in [2.45, 2.75) is 24.9 Å². The Bertz CT molecular complexity index is 754. The number of halogens is 1. The molecule has 0 bridgehead atoms. The van der Waals surface area contributed by atoms with E-state index in [9.17, 15) is 4.39 Å². The molecule has 1 atom stereocenters. The third kappa shape index (κ3) is 5.45. The van der Waals surface area contributed by atoms with Gasteiger partial charge in [-0.3, -0.25) is 4.99 Å². The topological polar surface area (TPSA) is 42.9 Å². The maximum atomic E-state index is 13.6. The van der Waals surface area contributed by atoms with E-state index in [1.807, 2.05) is 20.2 Å². The number of aliphatic imine (C=N–C) groups is 1. The summed E-state index contributed by atoms with van der Waals surface area (Å²) in [6.07, 6.45) is 2.17. The molecule has 152 valence electrons. The molecule has 5 nitrogen and oxygen atoms in total. The molecule has 1 aromatic carbocycles. The van der Waals surface area contributed by atoms with E-state index >= 15 is 0 Å². The maximum absolute atomic E-state index is 13.6. The van der Waals surface area contributed by atoms with Crippen LogP contribution in [0.1, 0.15) is 24.4 Å². The number of hydrogen-bond donors (Lipinski definition) is 2. The van der Waals surface area contributed by atoms with Crippen molar-refractivity contribution in [1.29, 1.82) is 0 Å². The Morgan fingerprint density at radius 3 is 2.68 bits per heavy atom. The monoisotopic (exact) mass is 403 g/mol. The lowest BCUT2D eigenvalue weighted by atomic mass is 10.1. The standard InChI is InChI=1S/C21H30FN5S/c1-23-21(24-15-19(26(2)3)16-6-4-7-17(22)14-16)25-18-9-11-27(12-10-18)20-8-5-13-28-20/h4-8,13-14,18-19H,9-12,15H2,1-3H3,(H2,23,24,25). The average molecular weight is 404 g/mol. The van der Waals surface area contributed by atoms with Gasteiger partial charge in [0.05, 0.1) is 11.0 Å². The Hall–Kier alpha value is -2.12. The van der Waals surface area contributed by atoms with Crippen molar-refractivity contribution in [2.24, 2.45) is 4.99 Å². The number of thiophene rings is 1. The number of nitrogens with zero attached hydrogens (tertiary/aromatic N) is 3. The summed E-state index contributed by atoms with van der Waals surface area (Å²) in [6.45, 7) is 2.77. The van der Waals surface area contributed by atoms with Crippen LogP contribution in [0.2, 0.25) is 0 Å². The van der Waals surface area contributed by atoms with Crippen LogP contribution in [-0.4, -0.2) is 57.7 Å². The fourth-order valence-electron chi connectivity index (χ4n) is 3.59. The van der Waals surface area contributed by atoms with Crippen molar-refractivity contribution in [2.75, 3.05) is 45.7 Å². The number of hydrogen-bond acceptors (Lipinski definition) is 4. The van der Waals surface area contributed by atoms with Crippen molar-refractivity contribution < 1.29 is 4.39 Å². The van der Waals surface area contributed by atoms with E-state index in [0.29, 0.717) is 12.6 Å². The first kappa shape index (κ1) is 20.6. The highest BCUT2D eigenvalue weighted by atomic mass is 32.1. The molecule has 1 fully saturated rings. The molecule has 7 heteroatoms. The van der Waals surface area contributed by atoms with Gasteiger partial charge in [0.2, 0.25) is 0 Å². The van der Waals surface area contributed by atoms with E-state index < -0.39 is 0 Å². The van der Waals surface area contributed by atoms with Gasteiger partial charge in [0.15, 0.2) is 5.96 Å². The van der Waals surface area contributed by atoms with Gasteiger partial charge in [0.25, 0.3) is 0 Å². The van der Waals surface area contributed by atoms with Crippen molar-refractivity contribution in [3.05, 3.63) is 53.2 Å². The second-order valence-corrected chi connectivity index (χ2v) is 8.27. The van der Waals surface area contributed by atoms with Gasteiger partial charge in [-0.15, -0.1) is 11.3 Å². The van der Waals surface area contributed by atoms with Crippen LogP contribution in [0.15, 0.2) is 46.8 Å². The predicted molar refractivity (Wildman–Crippen MR) is 117 cm³/mol. The Morgan fingerprint density at radius 1 is 1.29 bits per heavy atom. The van der Waals surface area contributed by atoms with E-state index in [-0.39, 0.29) is 11.9 Å². The van der Waals surface area contributed by atoms with Gasteiger partial charge in [-0.25, -0.2) is 4.39 Å². The SMILES string of the molecule is CN=C(NCC(c1cccc(F)c1)N(C)C)NC1CCN(c2cccs2)CC1. The lowest BCUT2D eigenvalue weighted by Gasteiger charge is -2.34. The molecule has 2 N–H and O–H groups in total. The van der Waals surface area contributed by atoms with E-state index in [0.717, 1.165) is 37.5 Å². The van der Waals surface area contributed by atoms with Crippen LogP contribution in [0.4, 0.5) is 9.39 Å². The smallest absolute Gasteiger partial charge is 0.191 e. The number of nitrogens with one attached hydrogen (secondary N) is 2. The Morgan fingerprint density at radius 2 is 2.07 bits per heavy atom. The van der Waals surface area contributed by atoms with Crippen LogP contribution in [0.3, 0.4) is 0 Å². The number of guanidine groups is 1. The van der Waals surface area contributed by atoms with Crippen LogP contribution in [0.5, 0.6) is 0 Å². The number of piperidine rings is 1. The van der Waals surface area contributed by atoms with E-state index in [4.69, 9.17) is 0 Å². The molecule has 1 unspecified atom stereocenters. The molecular formula is C21H30FN5S. The summed E-state index contributed by atoms with van der Waals surface area (Å²) in [7, 11) is 5.81. The molecule has 28 heavy (non-hydrogen) atoms. The zero-order chi connectivity index (χ0) is 19.9. The number of rotatable bonds is 6. The van der Waals surface area contributed by atoms with E-state index in [1.165, 1.54) is 11.1 Å².